The predicted molar refractivity (Wildman–Crippen MR) is 73.8 cm³/mol. The van der Waals surface area contributed by atoms with E-state index >= 15 is 0 Å². The van der Waals surface area contributed by atoms with Crippen molar-refractivity contribution in [2.75, 3.05) is 26.2 Å². The van der Waals surface area contributed by atoms with E-state index in [0.29, 0.717) is 19.7 Å². The summed E-state index contributed by atoms with van der Waals surface area (Å²) in [4.78, 5) is 13.3. The Bertz CT molecular complexity index is 456. The van der Waals surface area contributed by atoms with Crippen molar-refractivity contribution in [3.8, 4) is 0 Å². The zero-order valence-corrected chi connectivity index (χ0v) is 12.3. The van der Waals surface area contributed by atoms with Gasteiger partial charge >= 0.3 is 6.03 Å². The van der Waals surface area contributed by atoms with Crippen LogP contribution in [0, 0.1) is 0 Å². The molecular weight excluding hydrogens is 334 g/mol. The van der Waals surface area contributed by atoms with Gasteiger partial charge in [0, 0.05) is 11.0 Å². The van der Waals surface area contributed by atoms with Crippen LogP contribution in [0.1, 0.15) is 11.7 Å². The van der Waals surface area contributed by atoms with Gasteiger partial charge in [0.1, 0.15) is 6.10 Å². The van der Waals surface area contributed by atoms with Crippen molar-refractivity contribution in [2.24, 2.45) is 0 Å². The number of hydrogen-bond donors (Lipinski definition) is 1. The molecule has 1 N–H and O–H groups in total. The van der Waals surface area contributed by atoms with Gasteiger partial charge in [-0.3, -0.25) is 0 Å². The van der Waals surface area contributed by atoms with Crippen molar-refractivity contribution in [2.45, 2.75) is 12.5 Å². The minimum absolute atomic E-state index is 0.228. The average Bonchev–Trinajstić information content (AvgIpc) is 2.45. The fourth-order valence-corrected chi connectivity index (χ4v) is 2.25. The van der Waals surface area contributed by atoms with Crippen LogP contribution in [0.2, 0.25) is 0 Å². The molecular formula is C13H15BrF2N2O2. The molecule has 1 fully saturated rings. The molecule has 1 aliphatic rings. The minimum atomic E-state index is -2.54. The van der Waals surface area contributed by atoms with Crippen LogP contribution in [0.25, 0.3) is 0 Å². The van der Waals surface area contributed by atoms with Gasteiger partial charge in [0.05, 0.1) is 19.7 Å². The van der Waals surface area contributed by atoms with Gasteiger partial charge in [0.25, 0.3) is 6.43 Å². The number of carbonyl (C=O) groups excluding carboxylic acids is 1. The van der Waals surface area contributed by atoms with Crippen LogP contribution in [0.15, 0.2) is 28.7 Å². The first-order chi connectivity index (χ1) is 9.56. The molecule has 0 saturated carbocycles. The Kier molecular flexibility index (Phi) is 5.31. The zero-order chi connectivity index (χ0) is 14.5. The van der Waals surface area contributed by atoms with Gasteiger partial charge in [0.15, 0.2) is 0 Å². The Morgan fingerprint density at radius 1 is 1.45 bits per heavy atom. The number of carbonyl (C=O) groups is 1. The van der Waals surface area contributed by atoms with Crippen LogP contribution >= 0.6 is 15.9 Å². The Morgan fingerprint density at radius 3 is 2.80 bits per heavy atom. The number of nitrogens with zero attached hydrogens (tertiary/aromatic N) is 1. The van der Waals surface area contributed by atoms with E-state index in [2.05, 4.69) is 21.2 Å². The molecule has 0 aliphatic carbocycles. The van der Waals surface area contributed by atoms with E-state index in [1.165, 1.54) is 4.90 Å². The Balaban J connectivity index is 1.94. The highest BCUT2D eigenvalue weighted by Gasteiger charge is 2.25. The van der Waals surface area contributed by atoms with E-state index in [-0.39, 0.29) is 6.10 Å². The number of nitrogens with one attached hydrogen (secondary N) is 1. The van der Waals surface area contributed by atoms with E-state index < -0.39 is 19.0 Å². The molecule has 1 aromatic rings. The van der Waals surface area contributed by atoms with Gasteiger partial charge in [-0.15, -0.1) is 0 Å². The number of amides is 2. The van der Waals surface area contributed by atoms with Crippen LogP contribution < -0.4 is 5.32 Å². The fraction of sp³-hybridized carbons (Fsp3) is 0.462. The summed E-state index contributed by atoms with van der Waals surface area (Å²) in [6.07, 6.45) is -2.77. The lowest BCUT2D eigenvalue weighted by Gasteiger charge is -2.33. The van der Waals surface area contributed by atoms with Gasteiger partial charge in [0.2, 0.25) is 0 Å². The second kappa shape index (κ2) is 6.99. The summed E-state index contributed by atoms with van der Waals surface area (Å²) < 4.78 is 30.7. The summed E-state index contributed by atoms with van der Waals surface area (Å²) in [7, 11) is 0. The van der Waals surface area contributed by atoms with E-state index in [1.54, 1.807) is 0 Å². The van der Waals surface area contributed by atoms with Crippen molar-refractivity contribution in [1.82, 2.24) is 10.2 Å². The standard InChI is InChI=1S/C13H15BrF2N2O2/c14-10-3-1-9(2-4-10)11-8-18(5-6-20-11)13(19)17-7-12(15)16/h1-4,11-12H,5-8H2,(H,17,19)/t11-/m0/s1. The molecule has 2 rings (SSSR count). The number of rotatable bonds is 3. The van der Waals surface area contributed by atoms with Crippen LogP contribution in [0.5, 0.6) is 0 Å². The van der Waals surface area contributed by atoms with Crippen LogP contribution in [-0.2, 0) is 4.74 Å². The number of alkyl halides is 2. The first-order valence-corrected chi connectivity index (χ1v) is 7.03. The van der Waals surface area contributed by atoms with Crippen molar-refractivity contribution >= 4 is 22.0 Å². The van der Waals surface area contributed by atoms with Crippen LogP contribution in [0.3, 0.4) is 0 Å². The first-order valence-electron chi connectivity index (χ1n) is 6.24. The summed E-state index contributed by atoms with van der Waals surface area (Å²) in [5.41, 5.74) is 0.958. The minimum Gasteiger partial charge on any atom is -0.370 e. The number of urea groups is 1. The molecule has 2 amide bonds. The Labute approximate surface area is 124 Å². The maximum Gasteiger partial charge on any atom is 0.317 e. The lowest BCUT2D eigenvalue weighted by molar-refractivity contribution is -0.0159. The molecule has 110 valence electrons. The number of ether oxygens (including phenoxy) is 1. The normalized spacial score (nSPS) is 19.2. The monoisotopic (exact) mass is 348 g/mol. The lowest BCUT2D eigenvalue weighted by atomic mass is 10.1. The second-order valence-corrected chi connectivity index (χ2v) is 5.35. The molecule has 0 unspecified atom stereocenters. The SMILES string of the molecule is O=C(NCC(F)F)N1CCO[C@H](c2ccc(Br)cc2)C1. The highest BCUT2D eigenvalue weighted by Crippen LogP contribution is 2.23. The van der Waals surface area contributed by atoms with Gasteiger partial charge in [-0.05, 0) is 17.7 Å². The number of morpholine rings is 1. The molecule has 1 heterocycles. The van der Waals surface area contributed by atoms with Crippen molar-refractivity contribution in [3.05, 3.63) is 34.3 Å². The zero-order valence-electron chi connectivity index (χ0n) is 10.7. The first kappa shape index (κ1) is 15.2. The summed E-state index contributed by atoms with van der Waals surface area (Å²) in [6.45, 7) is 0.529. The molecule has 1 atom stereocenters. The molecule has 0 aromatic heterocycles. The van der Waals surface area contributed by atoms with Crippen molar-refractivity contribution in [1.29, 1.82) is 0 Å². The highest BCUT2D eigenvalue weighted by atomic mass is 79.9. The average molecular weight is 349 g/mol. The third kappa shape index (κ3) is 4.14. The summed E-state index contributed by atoms with van der Waals surface area (Å²) in [6, 6.07) is 7.14. The lowest BCUT2D eigenvalue weighted by Crippen LogP contribution is -2.48. The van der Waals surface area contributed by atoms with Crippen LogP contribution in [0.4, 0.5) is 13.6 Å². The van der Waals surface area contributed by atoms with Gasteiger partial charge in [-0.1, -0.05) is 28.1 Å². The Hall–Kier alpha value is -1.21. The molecule has 20 heavy (non-hydrogen) atoms. The van der Waals surface area contributed by atoms with E-state index in [9.17, 15) is 13.6 Å². The third-order valence-corrected chi connectivity index (χ3v) is 3.53. The summed E-state index contributed by atoms with van der Waals surface area (Å²) in [5.74, 6) is 0. The fourth-order valence-electron chi connectivity index (χ4n) is 1.99. The van der Waals surface area contributed by atoms with Gasteiger partial charge < -0.3 is 15.0 Å². The molecule has 0 spiro atoms. The van der Waals surface area contributed by atoms with Crippen molar-refractivity contribution in [3.63, 3.8) is 0 Å². The smallest absolute Gasteiger partial charge is 0.317 e. The van der Waals surface area contributed by atoms with Crippen molar-refractivity contribution < 1.29 is 18.3 Å². The second-order valence-electron chi connectivity index (χ2n) is 4.43. The molecule has 1 saturated heterocycles. The van der Waals surface area contributed by atoms with E-state index in [4.69, 9.17) is 4.74 Å². The molecule has 7 heteroatoms. The summed E-state index contributed by atoms with van der Waals surface area (Å²) in [5, 5.41) is 2.21. The largest absolute Gasteiger partial charge is 0.370 e. The number of halogens is 3. The Morgan fingerprint density at radius 2 is 2.15 bits per heavy atom. The third-order valence-electron chi connectivity index (χ3n) is 3.00. The van der Waals surface area contributed by atoms with E-state index in [0.717, 1.165) is 10.0 Å². The molecule has 0 radical (unpaired) electrons. The number of benzene rings is 1. The van der Waals surface area contributed by atoms with Crippen LogP contribution in [-0.4, -0.2) is 43.6 Å². The van der Waals surface area contributed by atoms with Gasteiger partial charge in [-0.25, -0.2) is 13.6 Å². The van der Waals surface area contributed by atoms with E-state index in [1.807, 2.05) is 24.3 Å². The molecule has 1 aliphatic heterocycles. The summed E-state index contributed by atoms with van der Waals surface area (Å²) >= 11 is 3.35. The van der Waals surface area contributed by atoms with Gasteiger partial charge in [-0.2, -0.15) is 0 Å². The quantitative estimate of drug-likeness (QED) is 0.912. The maximum atomic E-state index is 12.1. The highest BCUT2D eigenvalue weighted by molar-refractivity contribution is 9.10. The molecule has 1 aromatic carbocycles. The number of hydrogen-bond acceptors (Lipinski definition) is 2. The molecule has 0 bridgehead atoms. The maximum absolute atomic E-state index is 12.1. The molecule has 4 nitrogen and oxygen atoms in total. The predicted octanol–water partition coefficient (Wildman–Crippen LogP) is 2.80. The topological polar surface area (TPSA) is 41.6 Å².